The van der Waals surface area contributed by atoms with E-state index in [9.17, 15) is 0 Å². The Bertz CT molecular complexity index is 262. The van der Waals surface area contributed by atoms with Gasteiger partial charge in [0, 0.05) is 6.61 Å². The molecule has 2 saturated heterocycles. The summed E-state index contributed by atoms with van der Waals surface area (Å²) in [5, 5.41) is 0. The summed E-state index contributed by atoms with van der Waals surface area (Å²) >= 11 is 0. The van der Waals surface area contributed by atoms with Gasteiger partial charge in [0.15, 0.2) is 0 Å². The number of ether oxygens (including phenoxy) is 2. The van der Waals surface area contributed by atoms with Gasteiger partial charge < -0.3 is 9.47 Å². The molecule has 0 spiro atoms. The molecule has 2 aliphatic heterocycles. The van der Waals surface area contributed by atoms with Crippen molar-refractivity contribution in [3.05, 3.63) is 0 Å². The molecule has 20 heavy (non-hydrogen) atoms. The molecule has 2 fully saturated rings. The molecule has 2 aliphatic rings. The van der Waals surface area contributed by atoms with Crippen molar-refractivity contribution >= 4 is 0 Å². The summed E-state index contributed by atoms with van der Waals surface area (Å²) in [5.74, 6) is 3.78. The van der Waals surface area contributed by atoms with Crippen LogP contribution in [-0.4, -0.2) is 24.9 Å². The van der Waals surface area contributed by atoms with E-state index in [-0.39, 0.29) is 0 Å². The van der Waals surface area contributed by atoms with Crippen molar-refractivity contribution in [2.24, 2.45) is 29.6 Å². The molecular weight excluding hydrogens is 248 g/mol. The minimum Gasteiger partial charge on any atom is -0.378 e. The summed E-state index contributed by atoms with van der Waals surface area (Å²) in [6.07, 6.45) is 2.62. The molecule has 2 heterocycles. The van der Waals surface area contributed by atoms with Gasteiger partial charge in [-0.1, -0.05) is 41.5 Å². The van der Waals surface area contributed by atoms with Gasteiger partial charge >= 0.3 is 0 Å². The van der Waals surface area contributed by atoms with Gasteiger partial charge in [0.2, 0.25) is 0 Å². The molecule has 2 heteroatoms. The molecule has 0 bridgehead atoms. The lowest BCUT2D eigenvalue weighted by Crippen LogP contribution is -2.36. The lowest BCUT2D eigenvalue weighted by molar-refractivity contribution is -0.0661. The van der Waals surface area contributed by atoms with E-state index >= 15 is 0 Å². The van der Waals surface area contributed by atoms with Gasteiger partial charge in [0.05, 0.1) is 18.3 Å². The SMILES string of the molecule is CC1CO[C@@H](C)C(C)C1C.CCC1O[C@@H](C)C(C)C1C. The summed E-state index contributed by atoms with van der Waals surface area (Å²) in [7, 11) is 0. The van der Waals surface area contributed by atoms with E-state index in [1.165, 1.54) is 0 Å². The van der Waals surface area contributed by atoms with Crippen LogP contribution < -0.4 is 0 Å². The summed E-state index contributed by atoms with van der Waals surface area (Å²) < 4.78 is 11.3. The van der Waals surface area contributed by atoms with Crippen LogP contribution >= 0.6 is 0 Å². The highest BCUT2D eigenvalue weighted by molar-refractivity contribution is 4.82. The highest BCUT2D eigenvalue weighted by Crippen LogP contribution is 2.33. The number of rotatable bonds is 1. The molecule has 0 aromatic heterocycles. The van der Waals surface area contributed by atoms with Gasteiger partial charge in [-0.05, 0) is 49.9 Å². The zero-order valence-corrected chi connectivity index (χ0v) is 14.8. The normalized spacial score (nSPS) is 48.6. The van der Waals surface area contributed by atoms with Crippen molar-refractivity contribution in [1.82, 2.24) is 0 Å². The maximum Gasteiger partial charge on any atom is 0.0605 e. The van der Waals surface area contributed by atoms with E-state index in [0.717, 1.165) is 42.6 Å². The minimum absolute atomic E-state index is 0.464. The zero-order valence-electron chi connectivity index (χ0n) is 14.8. The molecule has 0 amide bonds. The van der Waals surface area contributed by atoms with Crippen LogP contribution in [-0.2, 0) is 9.47 Å². The predicted octanol–water partition coefficient (Wildman–Crippen LogP) is 4.77. The Morgan fingerprint density at radius 3 is 1.65 bits per heavy atom. The standard InChI is InChI=1S/2C9H18O/c1-6-5-10-9(4)8(3)7(6)2;1-5-9-7(3)6(2)8(4)10-9/h2*6-9H,5H2,1-4H3/t6?,7?,8?,9-;6?,7?,8-,9?/m00/s1. The Labute approximate surface area is 126 Å². The second kappa shape index (κ2) is 7.79. The van der Waals surface area contributed by atoms with Gasteiger partial charge in [-0.2, -0.15) is 0 Å². The molecule has 8 atom stereocenters. The van der Waals surface area contributed by atoms with Gasteiger partial charge in [-0.15, -0.1) is 0 Å². The average molecular weight is 284 g/mol. The van der Waals surface area contributed by atoms with Crippen molar-refractivity contribution in [3.8, 4) is 0 Å². The highest BCUT2D eigenvalue weighted by atomic mass is 16.5. The molecule has 2 rings (SSSR count). The fourth-order valence-electron chi connectivity index (χ4n) is 3.31. The minimum atomic E-state index is 0.464. The van der Waals surface area contributed by atoms with Crippen molar-refractivity contribution in [2.45, 2.75) is 80.1 Å². The van der Waals surface area contributed by atoms with Gasteiger partial charge in [0.1, 0.15) is 0 Å². The Balaban J connectivity index is 0.000000200. The average Bonchev–Trinajstić information content (AvgIpc) is 2.68. The van der Waals surface area contributed by atoms with Crippen molar-refractivity contribution in [1.29, 1.82) is 0 Å². The third-order valence-electron chi connectivity index (χ3n) is 6.04. The lowest BCUT2D eigenvalue weighted by Gasteiger charge is -2.36. The van der Waals surface area contributed by atoms with Crippen LogP contribution in [0.3, 0.4) is 0 Å². The van der Waals surface area contributed by atoms with E-state index in [4.69, 9.17) is 9.47 Å². The second-order valence-corrected chi connectivity index (χ2v) is 7.24. The molecule has 0 aromatic carbocycles. The largest absolute Gasteiger partial charge is 0.378 e. The number of hydrogen-bond donors (Lipinski definition) is 0. The van der Waals surface area contributed by atoms with Crippen molar-refractivity contribution in [3.63, 3.8) is 0 Å². The van der Waals surface area contributed by atoms with E-state index < -0.39 is 0 Å². The Hall–Kier alpha value is -0.0800. The molecular formula is C18H36O2. The van der Waals surface area contributed by atoms with Crippen LogP contribution in [0.5, 0.6) is 0 Å². The number of hydrogen-bond acceptors (Lipinski definition) is 2. The monoisotopic (exact) mass is 284 g/mol. The van der Waals surface area contributed by atoms with Gasteiger partial charge in [-0.25, -0.2) is 0 Å². The van der Waals surface area contributed by atoms with Crippen LogP contribution in [0.2, 0.25) is 0 Å². The smallest absolute Gasteiger partial charge is 0.0605 e. The van der Waals surface area contributed by atoms with Crippen molar-refractivity contribution in [2.75, 3.05) is 6.61 Å². The first-order chi connectivity index (χ1) is 9.29. The van der Waals surface area contributed by atoms with Crippen LogP contribution in [0.1, 0.15) is 61.8 Å². The molecule has 0 N–H and O–H groups in total. The van der Waals surface area contributed by atoms with Crippen molar-refractivity contribution < 1.29 is 9.47 Å². The first kappa shape index (κ1) is 18.0. The predicted molar refractivity (Wildman–Crippen MR) is 85.9 cm³/mol. The second-order valence-electron chi connectivity index (χ2n) is 7.24. The summed E-state index contributed by atoms with van der Waals surface area (Å²) in [5.41, 5.74) is 0. The lowest BCUT2D eigenvalue weighted by atomic mass is 9.80. The fourth-order valence-corrected chi connectivity index (χ4v) is 3.31. The fraction of sp³-hybridized carbons (Fsp3) is 1.00. The van der Waals surface area contributed by atoms with E-state index in [2.05, 4.69) is 55.4 Å². The van der Waals surface area contributed by atoms with E-state index in [0.29, 0.717) is 18.3 Å². The van der Waals surface area contributed by atoms with Gasteiger partial charge in [0.25, 0.3) is 0 Å². The molecule has 120 valence electrons. The van der Waals surface area contributed by atoms with E-state index in [1.807, 2.05) is 0 Å². The zero-order chi connectivity index (χ0) is 15.4. The first-order valence-corrected chi connectivity index (χ1v) is 8.56. The Kier molecular flexibility index (Phi) is 7.00. The third kappa shape index (κ3) is 4.21. The molecule has 0 aliphatic carbocycles. The molecule has 0 radical (unpaired) electrons. The van der Waals surface area contributed by atoms with Crippen LogP contribution in [0, 0.1) is 29.6 Å². The quantitative estimate of drug-likeness (QED) is 0.690. The van der Waals surface area contributed by atoms with Crippen LogP contribution in [0.25, 0.3) is 0 Å². The van der Waals surface area contributed by atoms with Gasteiger partial charge in [-0.3, -0.25) is 0 Å². The first-order valence-electron chi connectivity index (χ1n) is 8.56. The maximum atomic E-state index is 5.73. The summed E-state index contributed by atoms with van der Waals surface area (Å²) in [6.45, 7) is 19.0. The third-order valence-corrected chi connectivity index (χ3v) is 6.04. The molecule has 2 nitrogen and oxygen atoms in total. The summed E-state index contributed by atoms with van der Waals surface area (Å²) in [4.78, 5) is 0. The summed E-state index contributed by atoms with van der Waals surface area (Å²) in [6, 6.07) is 0. The molecule has 0 saturated carbocycles. The highest BCUT2D eigenvalue weighted by Gasteiger charge is 2.34. The van der Waals surface area contributed by atoms with Crippen LogP contribution in [0.4, 0.5) is 0 Å². The van der Waals surface area contributed by atoms with Crippen LogP contribution in [0.15, 0.2) is 0 Å². The molecule has 6 unspecified atom stereocenters. The van der Waals surface area contributed by atoms with E-state index in [1.54, 1.807) is 0 Å². The Morgan fingerprint density at radius 2 is 1.30 bits per heavy atom. The maximum absolute atomic E-state index is 5.73. The molecule has 0 aromatic rings. The Morgan fingerprint density at radius 1 is 0.750 bits per heavy atom. The topological polar surface area (TPSA) is 18.5 Å².